The van der Waals surface area contributed by atoms with Gasteiger partial charge < -0.3 is 0 Å². The fourth-order valence-electron chi connectivity index (χ4n) is 1.52. The van der Waals surface area contributed by atoms with Gasteiger partial charge in [-0.05, 0) is 25.9 Å². The predicted octanol–water partition coefficient (Wildman–Crippen LogP) is 2.39. The van der Waals surface area contributed by atoms with Crippen molar-refractivity contribution >= 4 is 22.9 Å². The van der Waals surface area contributed by atoms with Crippen LogP contribution in [0.5, 0.6) is 0 Å². The molecule has 1 aromatic rings. The minimum Gasteiger partial charge on any atom is -0.298 e. The van der Waals surface area contributed by atoms with Gasteiger partial charge in [-0.25, -0.2) is 4.98 Å². The maximum absolute atomic E-state index is 5.73. The second-order valence-corrected chi connectivity index (χ2v) is 4.76. The second-order valence-electron chi connectivity index (χ2n) is 3.06. The summed E-state index contributed by atoms with van der Waals surface area (Å²) in [6.07, 6.45) is 4.56. The summed E-state index contributed by atoms with van der Waals surface area (Å²) in [5, 5.41) is 0. The molecular formula is C8H11ClN2S. The topological polar surface area (TPSA) is 16.1 Å². The summed E-state index contributed by atoms with van der Waals surface area (Å²) >= 11 is 7.32. The normalized spacial score (nSPS) is 18.8. The van der Waals surface area contributed by atoms with Crippen LogP contribution < -0.4 is 0 Å². The van der Waals surface area contributed by atoms with Gasteiger partial charge in [0.25, 0.3) is 0 Å². The third-order valence-corrected chi connectivity index (χ3v) is 3.20. The Morgan fingerprint density at radius 2 is 2.25 bits per heavy atom. The van der Waals surface area contributed by atoms with Crippen molar-refractivity contribution in [1.82, 2.24) is 9.88 Å². The molecule has 1 saturated heterocycles. The van der Waals surface area contributed by atoms with Crippen LogP contribution in [-0.2, 0) is 6.54 Å². The van der Waals surface area contributed by atoms with Crippen LogP contribution in [0.4, 0.5) is 0 Å². The quantitative estimate of drug-likeness (QED) is 0.732. The Bertz CT molecular complexity index is 255. The Hall–Kier alpha value is -0.120. The van der Waals surface area contributed by atoms with E-state index in [1.165, 1.54) is 30.8 Å². The van der Waals surface area contributed by atoms with Gasteiger partial charge in [-0.1, -0.05) is 11.6 Å². The van der Waals surface area contributed by atoms with Crippen molar-refractivity contribution in [3.05, 3.63) is 15.5 Å². The monoisotopic (exact) mass is 202 g/mol. The minimum absolute atomic E-state index is 0.657. The van der Waals surface area contributed by atoms with Gasteiger partial charge in [0.15, 0.2) is 4.47 Å². The molecule has 0 saturated carbocycles. The number of nitrogens with zero attached hydrogens (tertiary/aromatic N) is 2. The van der Waals surface area contributed by atoms with Gasteiger partial charge in [0.1, 0.15) is 0 Å². The molecule has 0 aliphatic carbocycles. The number of thiazole rings is 1. The Morgan fingerprint density at radius 3 is 2.83 bits per heavy atom. The maximum Gasteiger partial charge on any atom is 0.183 e. The third-order valence-electron chi connectivity index (χ3n) is 2.10. The summed E-state index contributed by atoms with van der Waals surface area (Å²) in [5.41, 5.74) is 0. The predicted molar refractivity (Wildman–Crippen MR) is 51.6 cm³/mol. The largest absolute Gasteiger partial charge is 0.298 e. The highest BCUT2D eigenvalue weighted by Crippen LogP contribution is 2.20. The molecule has 2 nitrogen and oxygen atoms in total. The van der Waals surface area contributed by atoms with E-state index >= 15 is 0 Å². The number of aromatic nitrogens is 1. The van der Waals surface area contributed by atoms with E-state index in [4.69, 9.17) is 11.6 Å². The summed E-state index contributed by atoms with van der Waals surface area (Å²) in [4.78, 5) is 7.74. The molecule has 4 heteroatoms. The van der Waals surface area contributed by atoms with Gasteiger partial charge in [-0.2, -0.15) is 0 Å². The molecule has 0 N–H and O–H groups in total. The van der Waals surface area contributed by atoms with E-state index in [1.807, 2.05) is 6.20 Å². The molecule has 0 radical (unpaired) electrons. The highest BCUT2D eigenvalue weighted by molar-refractivity contribution is 7.15. The molecule has 0 amide bonds. The molecule has 1 fully saturated rings. The first-order chi connectivity index (χ1) is 5.84. The average Bonchev–Trinajstić information content (AvgIpc) is 2.63. The molecule has 0 unspecified atom stereocenters. The fraction of sp³-hybridized carbons (Fsp3) is 0.625. The van der Waals surface area contributed by atoms with Crippen LogP contribution in [0.3, 0.4) is 0 Å². The van der Waals surface area contributed by atoms with Gasteiger partial charge in [0, 0.05) is 17.6 Å². The first-order valence-corrected chi connectivity index (χ1v) is 5.36. The van der Waals surface area contributed by atoms with Crippen molar-refractivity contribution in [3.63, 3.8) is 0 Å². The van der Waals surface area contributed by atoms with Gasteiger partial charge in [-0.3, -0.25) is 4.90 Å². The van der Waals surface area contributed by atoms with E-state index in [2.05, 4.69) is 9.88 Å². The van der Waals surface area contributed by atoms with Gasteiger partial charge in [0.05, 0.1) is 0 Å². The molecule has 2 heterocycles. The Labute approximate surface area is 81.2 Å². The Balaban J connectivity index is 1.94. The van der Waals surface area contributed by atoms with E-state index in [1.54, 1.807) is 11.3 Å². The van der Waals surface area contributed by atoms with Crippen molar-refractivity contribution in [2.24, 2.45) is 0 Å². The van der Waals surface area contributed by atoms with Crippen molar-refractivity contribution in [2.75, 3.05) is 13.1 Å². The summed E-state index contributed by atoms with van der Waals surface area (Å²) in [7, 11) is 0. The zero-order valence-electron chi connectivity index (χ0n) is 6.79. The van der Waals surface area contributed by atoms with Crippen LogP contribution in [0.15, 0.2) is 6.20 Å². The van der Waals surface area contributed by atoms with Crippen molar-refractivity contribution < 1.29 is 0 Å². The molecular weight excluding hydrogens is 192 g/mol. The third kappa shape index (κ3) is 1.97. The highest BCUT2D eigenvalue weighted by atomic mass is 35.5. The van der Waals surface area contributed by atoms with Gasteiger partial charge in [0.2, 0.25) is 0 Å². The lowest BCUT2D eigenvalue weighted by Crippen LogP contribution is -2.17. The second kappa shape index (κ2) is 3.73. The van der Waals surface area contributed by atoms with E-state index in [0.29, 0.717) is 4.47 Å². The van der Waals surface area contributed by atoms with Crippen molar-refractivity contribution in [2.45, 2.75) is 19.4 Å². The molecule has 2 rings (SSSR count). The molecule has 0 aromatic carbocycles. The van der Waals surface area contributed by atoms with Crippen LogP contribution in [0.2, 0.25) is 4.47 Å². The van der Waals surface area contributed by atoms with Crippen LogP contribution in [0.25, 0.3) is 0 Å². The number of hydrogen-bond donors (Lipinski definition) is 0. The number of halogens is 1. The molecule has 0 spiro atoms. The standard InChI is InChI=1S/C8H11ClN2S/c9-8-10-5-7(12-8)6-11-3-1-2-4-11/h5H,1-4,6H2. The lowest BCUT2D eigenvalue weighted by Gasteiger charge is -2.11. The summed E-state index contributed by atoms with van der Waals surface area (Å²) < 4.78 is 0.657. The van der Waals surface area contributed by atoms with Crippen LogP contribution >= 0.6 is 22.9 Å². The zero-order chi connectivity index (χ0) is 8.39. The molecule has 1 aromatic heterocycles. The highest BCUT2D eigenvalue weighted by Gasteiger charge is 2.12. The molecule has 12 heavy (non-hydrogen) atoms. The first kappa shape index (κ1) is 8.48. The van der Waals surface area contributed by atoms with E-state index in [0.717, 1.165) is 6.54 Å². The maximum atomic E-state index is 5.73. The fourth-order valence-corrected chi connectivity index (χ4v) is 2.54. The molecule has 1 aliphatic heterocycles. The van der Waals surface area contributed by atoms with Gasteiger partial charge >= 0.3 is 0 Å². The molecule has 0 bridgehead atoms. The Kier molecular flexibility index (Phi) is 2.63. The van der Waals surface area contributed by atoms with E-state index in [-0.39, 0.29) is 0 Å². The van der Waals surface area contributed by atoms with Crippen LogP contribution in [-0.4, -0.2) is 23.0 Å². The summed E-state index contributed by atoms with van der Waals surface area (Å²) in [6, 6.07) is 0. The SMILES string of the molecule is Clc1ncc(CN2CCCC2)s1. The lowest BCUT2D eigenvalue weighted by atomic mass is 10.4. The zero-order valence-corrected chi connectivity index (χ0v) is 8.37. The Morgan fingerprint density at radius 1 is 1.50 bits per heavy atom. The average molecular weight is 203 g/mol. The number of rotatable bonds is 2. The minimum atomic E-state index is 0.657. The molecule has 0 atom stereocenters. The summed E-state index contributed by atoms with van der Waals surface area (Å²) in [5.74, 6) is 0. The van der Waals surface area contributed by atoms with Crippen LogP contribution in [0, 0.1) is 0 Å². The van der Waals surface area contributed by atoms with E-state index in [9.17, 15) is 0 Å². The summed E-state index contributed by atoms with van der Waals surface area (Å²) in [6.45, 7) is 3.50. The lowest BCUT2D eigenvalue weighted by molar-refractivity contribution is 0.334. The number of hydrogen-bond acceptors (Lipinski definition) is 3. The smallest absolute Gasteiger partial charge is 0.183 e. The van der Waals surface area contributed by atoms with Crippen molar-refractivity contribution in [3.8, 4) is 0 Å². The van der Waals surface area contributed by atoms with Crippen LogP contribution in [0.1, 0.15) is 17.7 Å². The van der Waals surface area contributed by atoms with Crippen molar-refractivity contribution in [1.29, 1.82) is 0 Å². The number of likely N-dealkylation sites (tertiary alicyclic amines) is 1. The molecule has 1 aliphatic rings. The van der Waals surface area contributed by atoms with Gasteiger partial charge in [-0.15, -0.1) is 11.3 Å². The first-order valence-electron chi connectivity index (χ1n) is 4.17. The molecule has 66 valence electrons. The van der Waals surface area contributed by atoms with E-state index < -0.39 is 0 Å².